The molecule has 1 N–H and O–H groups in total. The van der Waals surface area contributed by atoms with Gasteiger partial charge in [-0.2, -0.15) is 0 Å². The fourth-order valence-corrected chi connectivity index (χ4v) is 2.62. The normalized spacial score (nSPS) is 10.9. The van der Waals surface area contributed by atoms with E-state index in [-0.39, 0.29) is 0 Å². The molecule has 0 bridgehead atoms. The Hall–Kier alpha value is -1.32. The van der Waals surface area contributed by atoms with Crippen LogP contribution in [-0.2, 0) is 13.0 Å². The Kier molecular flexibility index (Phi) is 6.09. The zero-order valence-electron chi connectivity index (χ0n) is 12.3. The summed E-state index contributed by atoms with van der Waals surface area (Å²) in [5, 5.41) is 5.61. The Balaban J connectivity index is 1.73. The van der Waals surface area contributed by atoms with E-state index in [0.717, 1.165) is 31.9 Å². The lowest BCUT2D eigenvalue weighted by Crippen LogP contribution is -2.16. The van der Waals surface area contributed by atoms with Crippen molar-refractivity contribution in [1.82, 2.24) is 5.32 Å². The lowest BCUT2D eigenvalue weighted by atomic mass is 10.2. The summed E-state index contributed by atoms with van der Waals surface area (Å²) in [5.74, 6) is 1.53. The molecule has 2 nitrogen and oxygen atoms in total. The predicted molar refractivity (Wildman–Crippen MR) is 86.5 cm³/mol. The maximum absolute atomic E-state index is 5.75. The molecule has 0 radical (unpaired) electrons. The molecule has 3 heteroatoms. The molecule has 108 valence electrons. The highest BCUT2D eigenvalue weighted by atomic mass is 32.1. The van der Waals surface area contributed by atoms with Gasteiger partial charge in [-0.15, -0.1) is 11.3 Å². The third kappa shape index (κ3) is 5.35. The third-order valence-electron chi connectivity index (χ3n) is 2.94. The average Bonchev–Trinajstić information content (AvgIpc) is 2.95. The van der Waals surface area contributed by atoms with Gasteiger partial charge in [0.1, 0.15) is 5.75 Å². The Morgan fingerprint density at radius 1 is 1.20 bits per heavy atom. The van der Waals surface area contributed by atoms with E-state index < -0.39 is 0 Å². The van der Waals surface area contributed by atoms with Crippen LogP contribution in [0.1, 0.15) is 24.3 Å². The first kappa shape index (κ1) is 15.1. The van der Waals surface area contributed by atoms with E-state index in [9.17, 15) is 0 Å². The summed E-state index contributed by atoms with van der Waals surface area (Å²) in [6, 6.07) is 12.6. The summed E-state index contributed by atoms with van der Waals surface area (Å²) >= 11 is 1.82. The highest BCUT2D eigenvalue weighted by Crippen LogP contribution is 2.14. The molecule has 0 saturated heterocycles. The average molecular weight is 289 g/mol. The number of thiophene rings is 1. The topological polar surface area (TPSA) is 21.3 Å². The minimum atomic E-state index is 0.558. The van der Waals surface area contributed by atoms with Gasteiger partial charge in [0.15, 0.2) is 0 Å². The molecule has 2 rings (SSSR count). The first-order valence-electron chi connectivity index (χ1n) is 7.19. The second-order valence-corrected chi connectivity index (χ2v) is 6.39. The van der Waals surface area contributed by atoms with Gasteiger partial charge in [0.25, 0.3) is 0 Å². The molecule has 20 heavy (non-hydrogen) atoms. The molecule has 2 aromatic rings. The van der Waals surface area contributed by atoms with Crippen molar-refractivity contribution in [3.63, 3.8) is 0 Å². The van der Waals surface area contributed by atoms with Gasteiger partial charge in [-0.05, 0) is 41.5 Å². The predicted octanol–water partition coefficient (Wildman–Crippen LogP) is 4.12. The van der Waals surface area contributed by atoms with Crippen molar-refractivity contribution < 1.29 is 4.74 Å². The van der Waals surface area contributed by atoms with Gasteiger partial charge in [0.05, 0.1) is 6.61 Å². The minimum absolute atomic E-state index is 0.558. The standard InChI is InChI=1S/C17H23NOS/c1-14(2)13-19-16-6-3-5-15(11-16)12-18-9-8-17-7-4-10-20-17/h3-7,10-11,14,18H,8-9,12-13H2,1-2H3. The summed E-state index contributed by atoms with van der Waals surface area (Å²) in [6.45, 7) is 7.00. The summed E-state index contributed by atoms with van der Waals surface area (Å²) in [4.78, 5) is 1.44. The molecule has 1 aromatic carbocycles. The Bertz CT molecular complexity index is 493. The van der Waals surface area contributed by atoms with Crippen molar-refractivity contribution >= 4 is 11.3 Å². The number of rotatable bonds is 8. The molecule has 0 spiro atoms. The maximum Gasteiger partial charge on any atom is 0.119 e. The van der Waals surface area contributed by atoms with Crippen LogP contribution in [0, 0.1) is 5.92 Å². The molecule has 0 aliphatic carbocycles. The lowest BCUT2D eigenvalue weighted by molar-refractivity contribution is 0.271. The SMILES string of the molecule is CC(C)COc1cccc(CNCCc2cccs2)c1. The molecule has 0 atom stereocenters. The van der Waals surface area contributed by atoms with Crippen LogP contribution >= 0.6 is 11.3 Å². The highest BCUT2D eigenvalue weighted by Gasteiger charge is 1.99. The molecular weight excluding hydrogens is 266 g/mol. The van der Waals surface area contributed by atoms with Crippen molar-refractivity contribution in [2.75, 3.05) is 13.2 Å². The van der Waals surface area contributed by atoms with Gasteiger partial charge < -0.3 is 10.1 Å². The van der Waals surface area contributed by atoms with Gasteiger partial charge in [-0.1, -0.05) is 32.0 Å². The quantitative estimate of drug-likeness (QED) is 0.738. The van der Waals surface area contributed by atoms with Crippen LogP contribution < -0.4 is 10.1 Å². The van der Waals surface area contributed by atoms with Gasteiger partial charge in [0.2, 0.25) is 0 Å². The first-order valence-corrected chi connectivity index (χ1v) is 8.07. The van der Waals surface area contributed by atoms with Crippen molar-refractivity contribution in [3.8, 4) is 5.75 Å². The summed E-state index contributed by atoms with van der Waals surface area (Å²) < 4.78 is 5.75. The van der Waals surface area contributed by atoms with Crippen molar-refractivity contribution in [2.24, 2.45) is 5.92 Å². The zero-order chi connectivity index (χ0) is 14.2. The monoisotopic (exact) mass is 289 g/mol. The van der Waals surface area contributed by atoms with E-state index in [2.05, 4.69) is 54.9 Å². The molecular formula is C17H23NOS. The summed E-state index contributed by atoms with van der Waals surface area (Å²) in [5.41, 5.74) is 1.28. The fourth-order valence-electron chi connectivity index (χ4n) is 1.91. The number of nitrogens with one attached hydrogen (secondary N) is 1. The Morgan fingerprint density at radius 2 is 2.10 bits per heavy atom. The molecule has 1 heterocycles. The van der Waals surface area contributed by atoms with Crippen molar-refractivity contribution in [2.45, 2.75) is 26.8 Å². The lowest BCUT2D eigenvalue weighted by Gasteiger charge is -2.10. The Morgan fingerprint density at radius 3 is 2.85 bits per heavy atom. The molecule has 0 amide bonds. The molecule has 0 aliphatic rings. The van der Waals surface area contributed by atoms with Crippen LogP contribution in [0.25, 0.3) is 0 Å². The molecule has 0 saturated carbocycles. The molecule has 0 unspecified atom stereocenters. The maximum atomic E-state index is 5.75. The van der Waals surface area contributed by atoms with Crippen LogP contribution in [0.3, 0.4) is 0 Å². The van der Waals surface area contributed by atoms with Gasteiger partial charge >= 0.3 is 0 Å². The van der Waals surface area contributed by atoms with Crippen molar-refractivity contribution in [1.29, 1.82) is 0 Å². The Labute approximate surface area is 125 Å². The summed E-state index contributed by atoms with van der Waals surface area (Å²) in [6.07, 6.45) is 1.10. The first-order chi connectivity index (χ1) is 9.74. The van der Waals surface area contributed by atoms with Crippen LogP contribution in [0.15, 0.2) is 41.8 Å². The zero-order valence-corrected chi connectivity index (χ0v) is 13.1. The number of ether oxygens (including phenoxy) is 1. The van der Waals surface area contributed by atoms with E-state index >= 15 is 0 Å². The smallest absolute Gasteiger partial charge is 0.119 e. The fraction of sp³-hybridized carbons (Fsp3) is 0.412. The highest BCUT2D eigenvalue weighted by molar-refractivity contribution is 7.09. The molecule has 1 aromatic heterocycles. The van der Waals surface area contributed by atoms with E-state index in [1.807, 2.05) is 17.4 Å². The van der Waals surface area contributed by atoms with Crippen molar-refractivity contribution in [3.05, 3.63) is 52.2 Å². The van der Waals surface area contributed by atoms with Crippen LogP contribution in [0.2, 0.25) is 0 Å². The van der Waals surface area contributed by atoms with E-state index in [1.54, 1.807) is 0 Å². The number of hydrogen-bond acceptors (Lipinski definition) is 3. The summed E-state index contributed by atoms with van der Waals surface area (Å²) in [7, 11) is 0. The van der Waals surface area contributed by atoms with Gasteiger partial charge in [-0.25, -0.2) is 0 Å². The number of hydrogen-bond donors (Lipinski definition) is 1. The molecule has 0 fully saturated rings. The van der Waals surface area contributed by atoms with E-state index in [0.29, 0.717) is 5.92 Å². The molecule has 0 aliphatic heterocycles. The minimum Gasteiger partial charge on any atom is -0.493 e. The largest absolute Gasteiger partial charge is 0.493 e. The third-order valence-corrected chi connectivity index (χ3v) is 3.88. The van der Waals surface area contributed by atoms with E-state index in [1.165, 1.54) is 10.4 Å². The second-order valence-electron chi connectivity index (χ2n) is 5.36. The van der Waals surface area contributed by atoms with Crippen LogP contribution in [-0.4, -0.2) is 13.2 Å². The van der Waals surface area contributed by atoms with Gasteiger partial charge in [-0.3, -0.25) is 0 Å². The van der Waals surface area contributed by atoms with Crippen LogP contribution in [0.4, 0.5) is 0 Å². The van der Waals surface area contributed by atoms with Gasteiger partial charge in [0, 0.05) is 18.0 Å². The second kappa shape index (κ2) is 8.08. The van der Waals surface area contributed by atoms with E-state index in [4.69, 9.17) is 4.74 Å². The van der Waals surface area contributed by atoms with Crippen LogP contribution in [0.5, 0.6) is 5.75 Å². The number of benzene rings is 1.